The molecule has 7 rings (SSSR count). The SMILES string of the molecule is O=C1c2ccc(OCC3CO3)c(-c3ccc(OCC4CO4)cc3)c2C(=O)N1c1ccc(OCC2CO2)cc1. The second kappa shape index (κ2) is 9.43. The minimum absolute atomic E-state index is 0.0394. The number of fused-ring (bicyclic) bond motifs is 1. The lowest BCUT2D eigenvalue weighted by Crippen LogP contribution is -2.29. The van der Waals surface area contributed by atoms with Crippen LogP contribution in [-0.2, 0) is 14.2 Å². The van der Waals surface area contributed by atoms with Crippen LogP contribution in [0.2, 0.25) is 0 Å². The normalized spacial score (nSPS) is 22.7. The van der Waals surface area contributed by atoms with Crippen molar-refractivity contribution in [2.45, 2.75) is 18.3 Å². The van der Waals surface area contributed by atoms with Gasteiger partial charge in [0.2, 0.25) is 0 Å². The molecule has 0 radical (unpaired) electrons. The van der Waals surface area contributed by atoms with Crippen molar-refractivity contribution >= 4 is 17.5 Å². The molecule has 38 heavy (non-hydrogen) atoms. The number of epoxide rings is 3. The summed E-state index contributed by atoms with van der Waals surface area (Å²) in [6.07, 6.45) is 0.330. The van der Waals surface area contributed by atoms with Crippen LogP contribution >= 0.6 is 0 Å². The lowest BCUT2D eigenvalue weighted by molar-refractivity contribution is 0.0926. The summed E-state index contributed by atoms with van der Waals surface area (Å²) in [5, 5.41) is 0. The fourth-order valence-corrected chi connectivity index (χ4v) is 4.41. The standard InChI is InChI=1S/C29H25NO8/c31-28-24-9-10-25(38-16-23-15-37-23)26(17-1-5-19(6-2-17)33-11-21-13-35-21)27(24)29(32)30(28)18-3-7-20(8-4-18)34-12-22-14-36-22/h1-10,21-23H,11-16H2. The predicted octanol–water partition coefficient (Wildman–Crippen LogP) is 3.49. The molecule has 3 saturated heterocycles. The van der Waals surface area contributed by atoms with Crippen LogP contribution in [0, 0.1) is 0 Å². The first-order valence-electron chi connectivity index (χ1n) is 12.6. The monoisotopic (exact) mass is 515 g/mol. The number of imide groups is 1. The Hall–Kier alpha value is -3.92. The van der Waals surface area contributed by atoms with Gasteiger partial charge in [0.1, 0.15) is 55.4 Å². The van der Waals surface area contributed by atoms with Crippen molar-refractivity contribution in [3.8, 4) is 28.4 Å². The summed E-state index contributed by atoms with van der Waals surface area (Å²) in [6.45, 7) is 3.42. The quantitative estimate of drug-likeness (QED) is 0.283. The summed E-state index contributed by atoms with van der Waals surface area (Å²) in [5.41, 5.74) is 2.44. The zero-order valence-corrected chi connectivity index (χ0v) is 20.5. The molecular formula is C29H25NO8. The van der Waals surface area contributed by atoms with Crippen LogP contribution in [0.1, 0.15) is 20.7 Å². The van der Waals surface area contributed by atoms with Crippen molar-refractivity contribution in [3.63, 3.8) is 0 Å². The van der Waals surface area contributed by atoms with Gasteiger partial charge in [0.05, 0.1) is 36.6 Å². The number of anilines is 1. The van der Waals surface area contributed by atoms with E-state index in [-0.39, 0.29) is 24.2 Å². The van der Waals surface area contributed by atoms with Crippen LogP contribution in [-0.4, -0.2) is 69.8 Å². The Morgan fingerprint density at radius 2 is 1.16 bits per heavy atom. The molecule has 9 nitrogen and oxygen atoms in total. The zero-order valence-electron chi connectivity index (χ0n) is 20.5. The molecule has 4 aliphatic heterocycles. The highest BCUT2D eigenvalue weighted by atomic mass is 16.6. The summed E-state index contributed by atoms with van der Waals surface area (Å²) in [7, 11) is 0. The van der Waals surface area contributed by atoms with E-state index in [4.69, 9.17) is 28.4 Å². The highest BCUT2D eigenvalue weighted by molar-refractivity contribution is 6.36. The fraction of sp³-hybridized carbons (Fsp3) is 0.310. The van der Waals surface area contributed by atoms with E-state index in [2.05, 4.69) is 0 Å². The van der Waals surface area contributed by atoms with Gasteiger partial charge < -0.3 is 28.4 Å². The number of nitrogens with zero attached hydrogens (tertiary/aromatic N) is 1. The van der Waals surface area contributed by atoms with E-state index in [9.17, 15) is 9.59 Å². The van der Waals surface area contributed by atoms with Crippen LogP contribution in [0.15, 0.2) is 60.7 Å². The molecule has 0 bridgehead atoms. The minimum atomic E-state index is -0.403. The smallest absolute Gasteiger partial charge is 0.266 e. The fourth-order valence-electron chi connectivity index (χ4n) is 4.41. The third kappa shape index (κ3) is 4.71. The first-order chi connectivity index (χ1) is 18.6. The van der Waals surface area contributed by atoms with Gasteiger partial charge in [0.25, 0.3) is 11.8 Å². The Kier molecular flexibility index (Phi) is 5.76. The first-order valence-corrected chi connectivity index (χ1v) is 12.6. The maximum atomic E-state index is 13.8. The molecule has 9 heteroatoms. The summed E-state index contributed by atoms with van der Waals surface area (Å²) in [6, 6.07) is 17.7. The molecule has 0 spiro atoms. The molecule has 3 atom stereocenters. The third-order valence-electron chi connectivity index (χ3n) is 6.76. The maximum Gasteiger partial charge on any atom is 0.266 e. The maximum absolute atomic E-state index is 13.8. The molecule has 4 aliphatic rings. The van der Waals surface area contributed by atoms with Gasteiger partial charge in [-0.2, -0.15) is 0 Å². The molecule has 3 unspecified atom stereocenters. The highest BCUT2D eigenvalue weighted by Crippen LogP contribution is 2.42. The Morgan fingerprint density at radius 1 is 0.632 bits per heavy atom. The second-order valence-electron chi connectivity index (χ2n) is 9.62. The number of carbonyl (C=O) groups is 2. The van der Waals surface area contributed by atoms with Crippen molar-refractivity contribution in [2.75, 3.05) is 44.5 Å². The van der Waals surface area contributed by atoms with E-state index in [0.717, 1.165) is 12.2 Å². The van der Waals surface area contributed by atoms with Crippen LogP contribution in [0.3, 0.4) is 0 Å². The first kappa shape index (κ1) is 23.2. The van der Waals surface area contributed by atoms with Crippen molar-refractivity contribution in [2.24, 2.45) is 0 Å². The van der Waals surface area contributed by atoms with E-state index >= 15 is 0 Å². The minimum Gasteiger partial charge on any atom is -0.491 e. The van der Waals surface area contributed by atoms with E-state index in [0.29, 0.717) is 72.7 Å². The molecule has 2 amide bonds. The van der Waals surface area contributed by atoms with Gasteiger partial charge in [-0.1, -0.05) is 12.1 Å². The molecule has 3 fully saturated rings. The number of ether oxygens (including phenoxy) is 6. The Morgan fingerprint density at radius 3 is 1.71 bits per heavy atom. The molecular weight excluding hydrogens is 490 g/mol. The molecule has 0 aliphatic carbocycles. The van der Waals surface area contributed by atoms with Gasteiger partial charge >= 0.3 is 0 Å². The molecule has 3 aromatic carbocycles. The van der Waals surface area contributed by atoms with Crippen molar-refractivity contribution in [1.29, 1.82) is 0 Å². The lowest BCUT2D eigenvalue weighted by Gasteiger charge is -2.16. The molecule has 4 heterocycles. The Balaban J connectivity index is 1.20. The highest BCUT2D eigenvalue weighted by Gasteiger charge is 2.40. The summed E-state index contributed by atoms with van der Waals surface area (Å²) >= 11 is 0. The van der Waals surface area contributed by atoms with Gasteiger partial charge in [-0.05, 0) is 54.1 Å². The molecule has 194 valence electrons. The van der Waals surface area contributed by atoms with Gasteiger partial charge in [0, 0.05) is 5.56 Å². The van der Waals surface area contributed by atoms with Crippen molar-refractivity contribution in [1.82, 2.24) is 0 Å². The van der Waals surface area contributed by atoms with Crippen LogP contribution in [0.5, 0.6) is 17.2 Å². The number of hydrogen-bond acceptors (Lipinski definition) is 8. The second-order valence-corrected chi connectivity index (χ2v) is 9.62. The molecule has 0 saturated carbocycles. The van der Waals surface area contributed by atoms with Crippen molar-refractivity contribution in [3.05, 3.63) is 71.8 Å². The predicted molar refractivity (Wildman–Crippen MR) is 135 cm³/mol. The zero-order chi connectivity index (χ0) is 25.6. The van der Waals surface area contributed by atoms with Crippen LogP contribution in [0.25, 0.3) is 11.1 Å². The topological polar surface area (TPSA) is 103 Å². The number of amides is 2. The van der Waals surface area contributed by atoms with E-state index in [1.807, 2.05) is 24.3 Å². The van der Waals surface area contributed by atoms with Gasteiger partial charge in [-0.25, -0.2) is 4.90 Å². The average Bonchev–Trinajstić information content (AvgIpc) is 3.81. The van der Waals surface area contributed by atoms with E-state index < -0.39 is 5.91 Å². The van der Waals surface area contributed by atoms with Crippen LogP contribution in [0.4, 0.5) is 5.69 Å². The molecule has 3 aromatic rings. The van der Waals surface area contributed by atoms with Crippen molar-refractivity contribution < 1.29 is 38.0 Å². The lowest BCUT2D eigenvalue weighted by atomic mass is 9.95. The number of carbonyl (C=O) groups excluding carboxylic acids is 2. The van der Waals surface area contributed by atoms with Crippen LogP contribution < -0.4 is 19.1 Å². The summed E-state index contributed by atoms with van der Waals surface area (Å²) < 4.78 is 33.2. The number of hydrogen-bond donors (Lipinski definition) is 0. The third-order valence-corrected chi connectivity index (χ3v) is 6.76. The molecule has 0 aromatic heterocycles. The van der Waals surface area contributed by atoms with E-state index in [1.54, 1.807) is 36.4 Å². The molecule has 0 N–H and O–H groups in total. The summed E-state index contributed by atoms with van der Waals surface area (Å²) in [4.78, 5) is 28.5. The van der Waals surface area contributed by atoms with Gasteiger partial charge in [-0.3, -0.25) is 9.59 Å². The average molecular weight is 516 g/mol. The number of benzene rings is 3. The Labute approximate surface area is 218 Å². The Bertz CT molecular complexity index is 1370. The summed E-state index contributed by atoms with van der Waals surface area (Å²) in [5.74, 6) is 1.08. The van der Waals surface area contributed by atoms with Gasteiger partial charge in [0.15, 0.2) is 0 Å². The largest absolute Gasteiger partial charge is 0.491 e. The number of rotatable bonds is 11. The van der Waals surface area contributed by atoms with E-state index in [1.165, 1.54) is 4.90 Å². The van der Waals surface area contributed by atoms with Gasteiger partial charge in [-0.15, -0.1) is 0 Å².